The zero-order chi connectivity index (χ0) is 17.5. The fourth-order valence-corrected chi connectivity index (χ4v) is 2.18. The largest absolute Gasteiger partial charge is 0.494 e. The zero-order valence-corrected chi connectivity index (χ0v) is 15.0. The van der Waals surface area contributed by atoms with Crippen LogP contribution in [0.3, 0.4) is 0 Å². The molecule has 0 unspecified atom stereocenters. The average molecular weight is 392 g/mol. The molecule has 0 radical (unpaired) electrons. The molecular weight excluding hydrogens is 374 g/mol. The molecule has 1 N–H and O–H groups in total. The maximum absolute atomic E-state index is 12.1. The van der Waals surface area contributed by atoms with Crippen molar-refractivity contribution in [1.82, 2.24) is 0 Å². The van der Waals surface area contributed by atoms with Gasteiger partial charge >= 0.3 is 5.97 Å². The van der Waals surface area contributed by atoms with Crippen molar-refractivity contribution >= 4 is 33.5 Å². The van der Waals surface area contributed by atoms with Gasteiger partial charge in [-0.2, -0.15) is 0 Å². The van der Waals surface area contributed by atoms with Crippen molar-refractivity contribution < 1.29 is 19.1 Å². The number of hydrogen-bond donors (Lipinski definition) is 1. The molecule has 0 saturated carbocycles. The number of ether oxygens (including phenoxy) is 2. The molecule has 0 fully saturated rings. The van der Waals surface area contributed by atoms with E-state index in [1.165, 1.54) is 6.92 Å². The van der Waals surface area contributed by atoms with E-state index in [0.29, 0.717) is 23.6 Å². The predicted molar refractivity (Wildman–Crippen MR) is 95.3 cm³/mol. The van der Waals surface area contributed by atoms with Gasteiger partial charge in [-0.05, 0) is 62.4 Å². The van der Waals surface area contributed by atoms with Crippen molar-refractivity contribution in [2.75, 3.05) is 11.9 Å². The molecule has 5 nitrogen and oxygen atoms in total. The van der Waals surface area contributed by atoms with E-state index < -0.39 is 18.0 Å². The maximum Gasteiger partial charge on any atom is 0.338 e. The second-order valence-electron chi connectivity index (χ2n) is 5.00. The SMILES string of the molecule is CCOc1ccc(C(=O)O[C@@H](C)C(=O)Nc2ccc(Br)cc2)cc1. The zero-order valence-electron chi connectivity index (χ0n) is 13.4. The Morgan fingerprint density at radius 3 is 2.29 bits per heavy atom. The quantitative estimate of drug-likeness (QED) is 0.754. The standard InChI is InChI=1S/C18H18BrNO4/c1-3-23-16-10-4-13(5-11-16)18(22)24-12(2)17(21)20-15-8-6-14(19)7-9-15/h4-12H,3H2,1-2H3,(H,20,21)/t12-/m0/s1. The Kier molecular flexibility index (Phi) is 6.37. The highest BCUT2D eigenvalue weighted by molar-refractivity contribution is 9.10. The molecule has 1 amide bonds. The smallest absolute Gasteiger partial charge is 0.338 e. The number of benzene rings is 2. The van der Waals surface area contributed by atoms with Crippen LogP contribution in [0.25, 0.3) is 0 Å². The molecule has 0 aromatic heterocycles. The Morgan fingerprint density at radius 1 is 1.08 bits per heavy atom. The topological polar surface area (TPSA) is 64.6 Å². The molecule has 1 atom stereocenters. The van der Waals surface area contributed by atoms with Crippen molar-refractivity contribution in [1.29, 1.82) is 0 Å². The number of carbonyl (C=O) groups excluding carboxylic acids is 2. The van der Waals surface area contributed by atoms with Crippen LogP contribution in [-0.2, 0) is 9.53 Å². The summed E-state index contributed by atoms with van der Waals surface area (Å²) >= 11 is 3.32. The van der Waals surface area contributed by atoms with Crippen molar-refractivity contribution in [2.24, 2.45) is 0 Å². The number of halogens is 1. The van der Waals surface area contributed by atoms with Crippen LogP contribution < -0.4 is 10.1 Å². The van der Waals surface area contributed by atoms with Crippen molar-refractivity contribution in [3.63, 3.8) is 0 Å². The molecule has 2 aromatic carbocycles. The highest BCUT2D eigenvalue weighted by atomic mass is 79.9. The minimum absolute atomic E-state index is 0.363. The van der Waals surface area contributed by atoms with Gasteiger partial charge < -0.3 is 14.8 Å². The highest BCUT2D eigenvalue weighted by Crippen LogP contribution is 2.16. The van der Waals surface area contributed by atoms with Gasteiger partial charge in [-0.3, -0.25) is 4.79 Å². The minimum atomic E-state index is -0.910. The van der Waals surface area contributed by atoms with Gasteiger partial charge in [0.15, 0.2) is 6.10 Å². The molecule has 0 bridgehead atoms. The number of carbonyl (C=O) groups is 2. The monoisotopic (exact) mass is 391 g/mol. The molecular formula is C18H18BrNO4. The summed E-state index contributed by atoms with van der Waals surface area (Å²) in [6.45, 7) is 3.96. The lowest BCUT2D eigenvalue weighted by molar-refractivity contribution is -0.123. The number of esters is 1. The third-order valence-electron chi connectivity index (χ3n) is 3.17. The predicted octanol–water partition coefficient (Wildman–Crippen LogP) is 4.03. The molecule has 126 valence electrons. The highest BCUT2D eigenvalue weighted by Gasteiger charge is 2.19. The first-order chi connectivity index (χ1) is 11.5. The van der Waals surface area contributed by atoms with Crippen molar-refractivity contribution in [3.8, 4) is 5.75 Å². The average Bonchev–Trinajstić information content (AvgIpc) is 2.57. The lowest BCUT2D eigenvalue weighted by atomic mass is 10.2. The van der Waals surface area contributed by atoms with E-state index in [2.05, 4.69) is 21.2 Å². The molecule has 0 aliphatic heterocycles. The fourth-order valence-electron chi connectivity index (χ4n) is 1.91. The third kappa shape index (κ3) is 5.09. The van der Waals surface area contributed by atoms with E-state index in [4.69, 9.17) is 9.47 Å². The van der Waals surface area contributed by atoms with Gasteiger partial charge in [0.05, 0.1) is 12.2 Å². The second-order valence-corrected chi connectivity index (χ2v) is 5.92. The third-order valence-corrected chi connectivity index (χ3v) is 3.69. The Balaban J connectivity index is 1.92. The van der Waals surface area contributed by atoms with Crippen LogP contribution in [0.15, 0.2) is 53.0 Å². The van der Waals surface area contributed by atoms with Crippen LogP contribution >= 0.6 is 15.9 Å². The molecule has 0 aliphatic carbocycles. The molecule has 2 rings (SSSR count). The van der Waals surface area contributed by atoms with Crippen molar-refractivity contribution in [2.45, 2.75) is 20.0 Å². The van der Waals surface area contributed by atoms with Gasteiger partial charge in [-0.1, -0.05) is 15.9 Å². The van der Waals surface area contributed by atoms with Crippen LogP contribution in [-0.4, -0.2) is 24.6 Å². The molecule has 6 heteroatoms. The Labute approximate surface area is 149 Å². The summed E-state index contributed by atoms with van der Waals surface area (Å²) in [5.41, 5.74) is 0.994. The van der Waals surface area contributed by atoms with E-state index in [1.54, 1.807) is 36.4 Å². The first-order valence-corrected chi connectivity index (χ1v) is 8.29. The second kappa shape index (κ2) is 8.49. The van der Waals surface area contributed by atoms with E-state index in [-0.39, 0.29) is 0 Å². The molecule has 0 heterocycles. The van der Waals surface area contributed by atoms with E-state index >= 15 is 0 Å². The molecule has 0 spiro atoms. The number of nitrogens with one attached hydrogen (secondary N) is 1. The fraction of sp³-hybridized carbons (Fsp3) is 0.222. The van der Waals surface area contributed by atoms with Crippen LogP contribution in [0, 0.1) is 0 Å². The van der Waals surface area contributed by atoms with Gasteiger partial charge in [0.25, 0.3) is 5.91 Å². The number of amides is 1. The van der Waals surface area contributed by atoms with Gasteiger partial charge in [-0.25, -0.2) is 4.79 Å². The number of hydrogen-bond acceptors (Lipinski definition) is 4. The van der Waals surface area contributed by atoms with Gasteiger partial charge in [0.1, 0.15) is 5.75 Å². The number of anilines is 1. The minimum Gasteiger partial charge on any atom is -0.494 e. The van der Waals surface area contributed by atoms with Crippen LogP contribution in [0.2, 0.25) is 0 Å². The van der Waals surface area contributed by atoms with Crippen LogP contribution in [0.5, 0.6) is 5.75 Å². The first-order valence-electron chi connectivity index (χ1n) is 7.50. The van der Waals surface area contributed by atoms with E-state index in [1.807, 2.05) is 19.1 Å². The van der Waals surface area contributed by atoms with E-state index in [9.17, 15) is 9.59 Å². The lowest BCUT2D eigenvalue weighted by Gasteiger charge is -2.14. The molecule has 0 aliphatic rings. The first kappa shape index (κ1) is 18.0. The van der Waals surface area contributed by atoms with E-state index in [0.717, 1.165) is 4.47 Å². The van der Waals surface area contributed by atoms with Crippen LogP contribution in [0.4, 0.5) is 5.69 Å². The molecule has 24 heavy (non-hydrogen) atoms. The lowest BCUT2D eigenvalue weighted by Crippen LogP contribution is -2.29. The summed E-state index contributed by atoms with van der Waals surface area (Å²) < 4.78 is 11.4. The summed E-state index contributed by atoms with van der Waals surface area (Å²) in [5.74, 6) is -0.275. The maximum atomic E-state index is 12.1. The number of rotatable bonds is 6. The summed E-state index contributed by atoms with van der Waals surface area (Å²) in [5, 5.41) is 2.69. The normalized spacial score (nSPS) is 11.5. The Bertz CT molecular complexity index is 698. The Morgan fingerprint density at radius 2 is 1.71 bits per heavy atom. The summed E-state index contributed by atoms with van der Waals surface area (Å²) in [6.07, 6.45) is -0.910. The summed E-state index contributed by atoms with van der Waals surface area (Å²) in [6, 6.07) is 13.7. The Hall–Kier alpha value is -2.34. The van der Waals surface area contributed by atoms with Gasteiger partial charge in [0.2, 0.25) is 0 Å². The summed E-state index contributed by atoms with van der Waals surface area (Å²) in [4.78, 5) is 24.2. The molecule has 2 aromatic rings. The summed E-state index contributed by atoms with van der Waals surface area (Å²) in [7, 11) is 0. The molecule has 0 saturated heterocycles. The van der Waals surface area contributed by atoms with Gasteiger partial charge in [0, 0.05) is 10.2 Å². The van der Waals surface area contributed by atoms with Gasteiger partial charge in [-0.15, -0.1) is 0 Å². The van der Waals surface area contributed by atoms with Crippen molar-refractivity contribution in [3.05, 3.63) is 58.6 Å². The van der Waals surface area contributed by atoms with Crippen LogP contribution in [0.1, 0.15) is 24.2 Å².